The maximum absolute atomic E-state index is 12.6. The van der Waals surface area contributed by atoms with Crippen LogP contribution in [0.25, 0.3) is 11.2 Å². The van der Waals surface area contributed by atoms with Crippen molar-refractivity contribution in [3.63, 3.8) is 0 Å². The standard InChI is InChI=1S/C26H37N7O4/c1-3-4-14-37-25-30-23(27)22-24(31-25)33(26(35)29-22)17-19-7-8-21(28-16-19)36-15-6-5-11-32-12-9-20(10-13-32)18(2)34/h7-8,16,20H,3-6,9-15,17H2,1-2H3,(H,29,35)(H2,27,30,31). The fourth-order valence-corrected chi connectivity index (χ4v) is 4.50. The number of ketones is 1. The molecule has 0 aromatic carbocycles. The van der Waals surface area contributed by atoms with Gasteiger partial charge < -0.3 is 25.1 Å². The molecule has 3 aromatic rings. The maximum atomic E-state index is 12.6. The van der Waals surface area contributed by atoms with E-state index in [2.05, 4.69) is 31.8 Å². The molecule has 37 heavy (non-hydrogen) atoms. The first kappa shape index (κ1) is 26.6. The Balaban J connectivity index is 1.26. The van der Waals surface area contributed by atoms with Gasteiger partial charge in [-0.15, -0.1) is 0 Å². The molecule has 11 nitrogen and oxygen atoms in total. The molecule has 11 heteroatoms. The lowest BCUT2D eigenvalue weighted by Crippen LogP contribution is -2.36. The van der Waals surface area contributed by atoms with E-state index in [-0.39, 0.29) is 30.0 Å². The zero-order chi connectivity index (χ0) is 26.2. The number of carbonyl (C=O) groups excluding carboxylic acids is 1. The Kier molecular flexibility index (Phi) is 9.10. The zero-order valence-electron chi connectivity index (χ0n) is 21.7. The Morgan fingerprint density at radius 1 is 1.14 bits per heavy atom. The molecule has 0 spiro atoms. The summed E-state index contributed by atoms with van der Waals surface area (Å²) in [5, 5.41) is 0. The number of pyridine rings is 1. The molecular weight excluding hydrogens is 474 g/mol. The topological polar surface area (TPSA) is 141 Å². The highest BCUT2D eigenvalue weighted by atomic mass is 16.5. The SMILES string of the molecule is CCCCOc1nc(N)c2[nH]c(=O)n(Cc3ccc(OCCCCN4CCC(C(C)=O)CC4)nc3)c2n1. The third-order valence-corrected chi connectivity index (χ3v) is 6.78. The van der Waals surface area contributed by atoms with E-state index in [1.165, 1.54) is 4.57 Å². The van der Waals surface area contributed by atoms with Crippen LogP contribution in [0.15, 0.2) is 23.1 Å². The van der Waals surface area contributed by atoms with Crippen LogP contribution in [0, 0.1) is 5.92 Å². The Labute approximate surface area is 216 Å². The van der Waals surface area contributed by atoms with Crippen molar-refractivity contribution >= 4 is 22.8 Å². The van der Waals surface area contributed by atoms with Crippen molar-refractivity contribution in [3.8, 4) is 11.9 Å². The van der Waals surface area contributed by atoms with E-state index in [4.69, 9.17) is 15.2 Å². The van der Waals surface area contributed by atoms with Crippen LogP contribution in [-0.4, -0.2) is 68.0 Å². The Morgan fingerprint density at radius 2 is 1.92 bits per heavy atom. The summed E-state index contributed by atoms with van der Waals surface area (Å²) in [6, 6.07) is 3.86. The number of nitrogens with one attached hydrogen (secondary N) is 1. The maximum Gasteiger partial charge on any atom is 0.328 e. The number of likely N-dealkylation sites (tertiary alicyclic amines) is 1. The number of Topliss-reactive ketones (excluding diaryl/α,β-unsaturated/α-hetero) is 1. The van der Waals surface area contributed by atoms with Crippen LogP contribution in [0.5, 0.6) is 11.9 Å². The van der Waals surface area contributed by atoms with Gasteiger partial charge in [0.15, 0.2) is 11.5 Å². The average Bonchev–Trinajstić information content (AvgIpc) is 3.20. The zero-order valence-corrected chi connectivity index (χ0v) is 21.7. The van der Waals surface area contributed by atoms with Crippen molar-refractivity contribution in [1.82, 2.24) is 29.4 Å². The van der Waals surface area contributed by atoms with Gasteiger partial charge in [0.25, 0.3) is 0 Å². The van der Waals surface area contributed by atoms with Crippen molar-refractivity contribution in [2.24, 2.45) is 5.92 Å². The minimum absolute atomic E-state index is 0.161. The number of unbranched alkanes of at least 4 members (excludes halogenated alkanes) is 2. The van der Waals surface area contributed by atoms with Crippen molar-refractivity contribution in [1.29, 1.82) is 0 Å². The van der Waals surface area contributed by atoms with Crippen molar-refractivity contribution in [2.45, 2.75) is 58.9 Å². The molecule has 1 saturated heterocycles. The predicted molar refractivity (Wildman–Crippen MR) is 141 cm³/mol. The van der Waals surface area contributed by atoms with Crippen molar-refractivity contribution in [2.75, 3.05) is 38.6 Å². The van der Waals surface area contributed by atoms with Crippen molar-refractivity contribution < 1.29 is 14.3 Å². The molecule has 0 amide bonds. The normalized spacial score (nSPS) is 14.8. The number of H-pyrrole nitrogens is 1. The number of aromatic nitrogens is 5. The van der Waals surface area contributed by atoms with E-state index in [0.717, 1.165) is 63.7 Å². The number of nitrogens with zero attached hydrogens (tertiary/aromatic N) is 5. The quantitative estimate of drug-likeness (QED) is 0.331. The first-order valence-electron chi connectivity index (χ1n) is 13.1. The number of aromatic amines is 1. The van der Waals surface area contributed by atoms with Crippen LogP contribution < -0.4 is 20.9 Å². The summed E-state index contributed by atoms with van der Waals surface area (Å²) >= 11 is 0. The molecule has 0 saturated carbocycles. The number of fused-ring (bicyclic) bond motifs is 1. The molecule has 4 rings (SSSR count). The fourth-order valence-electron chi connectivity index (χ4n) is 4.50. The van der Waals surface area contributed by atoms with Gasteiger partial charge in [0.05, 0.1) is 19.8 Å². The molecule has 4 heterocycles. The number of hydrogen-bond donors (Lipinski definition) is 2. The average molecular weight is 512 g/mol. The third kappa shape index (κ3) is 7.06. The molecule has 0 radical (unpaired) electrons. The van der Waals surface area contributed by atoms with Gasteiger partial charge in [0.2, 0.25) is 5.88 Å². The van der Waals surface area contributed by atoms with Gasteiger partial charge in [-0.1, -0.05) is 19.4 Å². The second kappa shape index (κ2) is 12.7. The highest BCUT2D eigenvalue weighted by molar-refractivity contribution is 5.82. The van der Waals surface area contributed by atoms with Gasteiger partial charge in [0, 0.05) is 18.2 Å². The smallest absolute Gasteiger partial charge is 0.328 e. The summed E-state index contributed by atoms with van der Waals surface area (Å²) in [4.78, 5) is 42.2. The van der Waals surface area contributed by atoms with E-state index in [9.17, 15) is 9.59 Å². The number of rotatable bonds is 13. The molecule has 1 aliphatic heterocycles. The van der Waals surface area contributed by atoms with E-state index in [1.54, 1.807) is 13.1 Å². The number of carbonyl (C=O) groups is 1. The lowest BCUT2D eigenvalue weighted by atomic mass is 9.93. The third-order valence-electron chi connectivity index (χ3n) is 6.78. The predicted octanol–water partition coefficient (Wildman–Crippen LogP) is 2.78. The summed E-state index contributed by atoms with van der Waals surface area (Å²) in [6.45, 7) is 8.15. The minimum atomic E-state index is -0.326. The Morgan fingerprint density at radius 3 is 2.62 bits per heavy atom. The Hall–Kier alpha value is -3.47. The molecular formula is C26H37N7O4. The lowest BCUT2D eigenvalue weighted by molar-refractivity contribution is -0.122. The number of piperidine rings is 1. The summed E-state index contributed by atoms with van der Waals surface area (Å²) < 4.78 is 12.9. The van der Waals surface area contributed by atoms with Crippen LogP contribution >= 0.6 is 0 Å². The first-order valence-corrected chi connectivity index (χ1v) is 13.1. The second-order valence-electron chi connectivity index (χ2n) is 9.60. The van der Waals surface area contributed by atoms with E-state index >= 15 is 0 Å². The van der Waals surface area contributed by atoms with Gasteiger partial charge in [0.1, 0.15) is 11.3 Å². The molecule has 0 unspecified atom stereocenters. The summed E-state index contributed by atoms with van der Waals surface area (Å²) in [5.41, 5.74) is 7.32. The Bertz CT molecular complexity index is 1230. The van der Waals surface area contributed by atoms with Crippen LogP contribution in [0.3, 0.4) is 0 Å². The molecule has 0 bridgehead atoms. The minimum Gasteiger partial charge on any atom is -0.478 e. The lowest BCUT2D eigenvalue weighted by Gasteiger charge is -2.30. The molecule has 200 valence electrons. The van der Waals surface area contributed by atoms with Gasteiger partial charge in [-0.25, -0.2) is 9.78 Å². The largest absolute Gasteiger partial charge is 0.478 e. The summed E-state index contributed by atoms with van der Waals surface area (Å²) in [6.07, 6.45) is 7.49. The number of imidazole rings is 1. The fraction of sp³-hybridized carbons (Fsp3) is 0.577. The summed E-state index contributed by atoms with van der Waals surface area (Å²) in [5.74, 6) is 1.29. The number of nitrogen functional groups attached to an aromatic ring is 1. The molecule has 3 N–H and O–H groups in total. The molecule has 0 atom stereocenters. The van der Waals surface area contributed by atoms with Gasteiger partial charge >= 0.3 is 11.7 Å². The van der Waals surface area contributed by atoms with Crippen LogP contribution in [0.4, 0.5) is 5.82 Å². The number of anilines is 1. The molecule has 1 aliphatic rings. The highest BCUT2D eigenvalue weighted by Crippen LogP contribution is 2.20. The molecule has 1 fully saturated rings. The monoisotopic (exact) mass is 511 g/mol. The molecule has 3 aromatic heterocycles. The second-order valence-corrected chi connectivity index (χ2v) is 9.60. The van der Waals surface area contributed by atoms with Gasteiger partial charge in [-0.3, -0.25) is 9.36 Å². The number of hydrogen-bond acceptors (Lipinski definition) is 9. The number of nitrogens with two attached hydrogens (primary N) is 1. The van der Waals surface area contributed by atoms with Crippen LogP contribution in [0.2, 0.25) is 0 Å². The molecule has 0 aliphatic carbocycles. The first-order chi connectivity index (χ1) is 17.9. The highest BCUT2D eigenvalue weighted by Gasteiger charge is 2.21. The van der Waals surface area contributed by atoms with Gasteiger partial charge in [-0.05, 0) is 64.2 Å². The van der Waals surface area contributed by atoms with Gasteiger partial charge in [-0.2, -0.15) is 9.97 Å². The van der Waals surface area contributed by atoms with E-state index in [0.29, 0.717) is 36.0 Å². The number of ether oxygens (including phenoxy) is 2. The van der Waals surface area contributed by atoms with E-state index < -0.39 is 0 Å². The van der Waals surface area contributed by atoms with Crippen LogP contribution in [0.1, 0.15) is 57.9 Å². The van der Waals surface area contributed by atoms with E-state index in [1.807, 2.05) is 12.1 Å². The van der Waals surface area contributed by atoms with Crippen LogP contribution in [-0.2, 0) is 11.3 Å². The summed E-state index contributed by atoms with van der Waals surface area (Å²) in [7, 11) is 0. The van der Waals surface area contributed by atoms with Crippen molar-refractivity contribution in [3.05, 3.63) is 34.4 Å².